The third kappa shape index (κ3) is 17.3. The minimum atomic E-state index is -0.341. The molecule has 2 N–H and O–H groups in total. The fraction of sp³-hybridized carbons (Fsp3) is 0.500. The standard InChI is InChI=1S/C8H10O.C2H5NO.2C2H6/c1-7(9)8-5-3-2-4-6-8;1-3-2-4;2*1-2/h2-7,9H,1H3;2H,1H3,(H,3,4);2*1-2H3. The fourth-order valence-electron chi connectivity index (χ4n) is 0.732. The highest BCUT2D eigenvalue weighted by Gasteiger charge is 1.95. The maximum atomic E-state index is 9.06. The summed E-state index contributed by atoms with van der Waals surface area (Å²) < 4.78 is 0. The quantitative estimate of drug-likeness (QED) is 0.781. The van der Waals surface area contributed by atoms with E-state index >= 15 is 0 Å². The first kappa shape index (κ1) is 21.0. The van der Waals surface area contributed by atoms with Gasteiger partial charge in [-0.1, -0.05) is 58.0 Å². The van der Waals surface area contributed by atoms with E-state index in [1.165, 1.54) is 0 Å². The molecule has 0 aliphatic carbocycles. The van der Waals surface area contributed by atoms with Crippen molar-refractivity contribution in [3.63, 3.8) is 0 Å². The Balaban J connectivity index is -0.000000208. The highest BCUT2D eigenvalue weighted by molar-refractivity contribution is 5.44. The minimum absolute atomic E-state index is 0.341. The van der Waals surface area contributed by atoms with Crippen LogP contribution < -0.4 is 5.32 Å². The van der Waals surface area contributed by atoms with Crippen LogP contribution >= 0.6 is 0 Å². The largest absolute Gasteiger partial charge is 0.389 e. The molecule has 1 unspecified atom stereocenters. The van der Waals surface area contributed by atoms with E-state index in [2.05, 4.69) is 5.32 Å². The SMILES string of the molecule is CC.CC.CC(O)c1ccccc1.CNC=O. The summed E-state index contributed by atoms with van der Waals surface area (Å²) in [5.41, 5.74) is 0.970. The monoisotopic (exact) mass is 241 g/mol. The van der Waals surface area contributed by atoms with Crippen molar-refractivity contribution < 1.29 is 9.90 Å². The molecule has 0 saturated heterocycles. The van der Waals surface area contributed by atoms with Gasteiger partial charge >= 0.3 is 0 Å². The number of amides is 1. The number of hydrogen-bond acceptors (Lipinski definition) is 2. The summed E-state index contributed by atoms with van der Waals surface area (Å²) in [5.74, 6) is 0. The Kier molecular flexibility index (Phi) is 24.8. The molecule has 0 aliphatic rings. The van der Waals surface area contributed by atoms with Crippen LogP contribution in [-0.4, -0.2) is 18.6 Å². The summed E-state index contributed by atoms with van der Waals surface area (Å²) in [4.78, 5) is 9.06. The van der Waals surface area contributed by atoms with Crippen LogP contribution in [0.4, 0.5) is 0 Å². The first-order valence-electron chi connectivity index (χ1n) is 6.06. The van der Waals surface area contributed by atoms with Gasteiger partial charge in [0.2, 0.25) is 6.41 Å². The zero-order valence-electron chi connectivity index (χ0n) is 11.9. The van der Waals surface area contributed by atoms with Crippen LogP contribution in [0.15, 0.2) is 30.3 Å². The van der Waals surface area contributed by atoms with Crippen molar-refractivity contribution >= 4 is 6.41 Å². The predicted molar refractivity (Wildman–Crippen MR) is 74.9 cm³/mol. The number of carbonyl (C=O) groups excluding carboxylic acids is 1. The van der Waals surface area contributed by atoms with Crippen LogP contribution in [0.25, 0.3) is 0 Å². The van der Waals surface area contributed by atoms with E-state index in [4.69, 9.17) is 9.90 Å². The Bertz CT molecular complexity index is 223. The summed E-state index contributed by atoms with van der Waals surface area (Å²) in [6.45, 7) is 9.76. The second kappa shape index (κ2) is 20.1. The number of hydrogen-bond donors (Lipinski definition) is 2. The second-order valence-corrected chi connectivity index (χ2v) is 2.49. The maximum absolute atomic E-state index is 9.06. The molecule has 0 radical (unpaired) electrons. The van der Waals surface area contributed by atoms with E-state index in [1.807, 2.05) is 58.0 Å². The molecule has 3 nitrogen and oxygen atoms in total. The molecule has 0 aliphatic heterocycles. The van der Waals surface area contributed by atoms with Gasteiger partial charge in [0.05, 0.1) is 6.10 Å². The Hall–Kier alpha value is -1.35. The van der Waals surface area contributed by atoms with Gasteiger partial charge in [-0.05, 0) is 12.5 Å². The summed E-state index contributed by atoms with van der Waals surface area (Å²) in [6, 6.07) is 9.59. The van der Waals surface area contributed by atoms with Gasteiger partial charge in [0.1, 0.15) is 0 Å². The van der Waals surface area contributed by atoms with Gasteiger partial charge in [-0.3, -0.25) is 4.79 Å². The fourth-order valence-corrected chi connectivity index (χ4v) is 0.732. The van der Waals surface area contributed by atoms with E-state index in [0.717, 1.165) is 5.56 Å². The molecule has 0 aromatic heterocycles. The predicted octanol–water partition coefficient (Wildman–Crippen LogP) is 3.15. The van der Waals surface area contributed by atoms with Gasteiger partial charge in [-0.25, -0.2) is 0 Å². The minimum Gasteiger partial charge on any atom is -0.389 e. The van der Waals surface area contributed by atoms with Crippen LogP contribution in [0, 0.1) is 0 Å². The van der Waals surface area contributed by atoms with Crippen LogP contribution in [-0.2, 0) is 4.79 Å². The zero-order valence-corrected chi connectivity index (χ0v) is 11.9. The van der Waals surface area contributed by atoms with Crippen LogP contribution in [0.3, 0.4) is 0 Å². The van der Waals surface area contributed by atoms with Crippen molar-refractivity contribution in [2.75, 3.05) is 7.05 Å². The Morgan fingerprint density at radius 2 is 1.47 bits per heavy atom. The highest BCUT2D eigenvalue weighted by atomic mass is 16.3. The molecular formula is C14H27NO2. The number of rotatable bonds is 2. The first-order chi connectivity index (χ1) is 8.22. The van der Waals surface area contributed by atoms with Gasteiger partial charge in [0, 0.05) is 7.05 Å². The molecule has 0 bridgehead atoms. The molecule has 100 valence electrons. The topological polar surface area (TPSA) is 49.3 Å². The molecule has 3 heteroatoms. The van der Waals surface area contributed by atoms with Crippen molar-refractivity contribution in [2.24, 2.45) is 0 Å². The molecule has 17 heavy (non-hydrogen) atoms. The maximum Gasteiger partial charge on any atom is 0.206 e. The Morgan fingerprint density at radius 3 is 1.65 bits per heavy atom. The Morgan fingerprint density at radius 1 is 1.12 bits per heavy atom. The lowest BCUT2D eigenvalue weighted by molar-refractivity contribution is -0.109. The third-order valence-corrected chi connectivity index (χ3v) is 1.40. The first-order valence-corrected chi connectivity index (χ1v) is 6.06. The molecule has 1 amide bonds. The lowest BCUT2D eigenvalue weighted by Gasteiger charge is -2.00. The molecule has 0 saturated carbocycles. The highest BCUT2D eigenvalue weighted by Crippen LogP contribution is 2.08. The summed E-state index contributed by atoms with van der Waals surface area (Å²) >= 11 is 0. The zero-order chi connectivity index (χ0) is 14.1. The molecule has 0 spiro atoms. The smallest absolute Gasteiger partial charge is 0.206 e. The van der Waals surface area contributed by atoms with Gasteiger partial charge in [-0.15, -0.1) is 0 Å². The molecule has 1 atom stereocenters. The molecule has 1 aromatic carbocycles. The van der Waals surface area contributed by atoms with Gasteiger partial charge in [0.25, 0.3) is 0 Å². The van der Waals surface area contributed by atoms with E-state index in [-0.39, 0.29) is 6.10 Å². The van der Waals surface area contributed by atoms with E-state index < -0.39 is 0 Å². The van der Waals surface area contributed by atoms with E-state index in [9.17, 15) is 0 Å². The van der Waals surface area contributed by atoms with Crippen molar-refractivity contribution in [1.29, 1.82) is 0 Å². The second-order valence-electron chi connectivity index (χ2n) is 2.49. The van der Waals surface area contributed by atoms with Gasteiger partial charge in [0.15, 0.2) is 0 Å². The van der Waals surface area contributed by atoms with Crippen LogP contribution in [0.1, 0.15) is 46.3 Å². The van der Waals surface area contributed by atoms with E-state index in [1.54, 1.807) is 14.0 Å². The number of nitrogens with one attached hydrogen (secondary N) is 1. The summed E-state index contributed by atoms with van der Waals surface area (Å²) in [7, 11) is 1.56. The van der Waals surface area contributed by atoms with Crippen molar-refractivity contribution in [1.82, 2.24) is 5.32 Å². The van der Waals surface area contributed by atoms with Crippen LogP contribution in [0.2, 0.25) is 0 Å². The number of aliphatic hydroxyl groups is 1. The van der Waals surface area contributed by atoms with Gasteiger partial charge < -0.3 is 10.4 Å². The van der Waals surface area contributed by atoms with Crippen molar-refractivity contribution in [3.8, 4) is 0 Å². The lowest BCUT2D eigenvalue weighted by Crippen LogP contribution is -1.98. The van der Waals surface area contributed by atoms with Crippen LogP contribution in [0.5, 0.6) is 0 Å². The number of benzene rings is 1. The average molecular weight is 241 g/mol. The molecule has 0 heterocycles. The lowest BCUT2D eigenvalue weighted by atomic mass is 10.1. The Labute approximate surface area is 106 Å². The van der Waals surface area contributed by atoms with E-state index in [0.29, 0.717) is 6.41 Å². The molecule has 0 fully saturated rings. The van der Waals surface area contributed by atoms with Crippen molar-refractivity contribution in [2.45, 2.75) is 40.7 Å². The summed E-state index contributed by atoms with van der Waals surface area (Å²) in [6.07, 6.45) is 0.284. The normalized spacial score (nSPS) is 8.88. The number of carbonyl (C=O) groups is 1. The number of aliphatic hydroxyl groups excluding tert-OH is 1. The molecular weight excluding hydrogens is 214 g/mol. The van der Waals surface area contributed by atoms with Gasteiger partial charge in [-0.2, -0.15) is 0 Å². The average Bonchev–Trinajstić information content (AvgIpc) is 2.44. The molecule has 1 rings (SSSR count). The van der Waals surface area contributed by atoms with Crippen molar-refractivity contribution in [3.05, 3.63) is 35.9 Å². The summed E-state index contributed by atoms with van der Waals surface area (Å²) in [5, 5.41) is 11.3. The third-order valence-electron chi connectivity index (χ3n) is 1.40. The molecule has 1 aromatic rings.